The molecule has 2 N–H and O–H groups in total. The van der Waals surface area contributed by atoms with Crippen molar-refractivity contribution < 1.29 is 14.7 Å². The summed E-state index contributed by atoms with van der Waals surface area (Å²) in [5.41, 5.74) is 1.33. The van der Waals surface area contributed by atoms with E-state index in [9.17, 15) is 9.59 Å². The van der Waals surface area contributed by atoms with Crippen LogP contribution in [0.15, 0.2) is 24.3 Å². The Balaban J connectivity index is 2.27. The number of aryl methyl sites for hydroxylation is 2. The lowest BCUT2D eigenvalue weighted by atomic mass is 10.1. The summed E-state index contributed by atoms with van der Waals surface area (Å²) in [5.74, 6) is -1.41. The molecule has 0 spiro atoms. The Morgan fingerprint density at radius 3 is 2.55 bits per heavy atom. The summed E-state index contributed by atoms with van der Waals surface area (Å²) in [6.07, 6.45) is 0. The van der Waals surface area contributed by atoms with E-state index in [0.717, 1.165) is 10.4 Å². The van der Waals surface area contributed by atoms with Crippen LogP contribution in [0.1, 0.15) is 31.2 Å². The van der Waals surface area contributed by atoms with Gasteiger partial charge in [0.1, 0.15) is 5.00 Å². The van der Waals surface area contributed by atoms with Gasteiger partial charge in [-0.25, -0.2) is 4.79 Å². The number of carbonyl (C=O) groups excluding carboxylic acids is 1. The van der Waals surface area contributed by atoms with Crippen molar-refractivity contribution in [2.24, 2.45) is 0 Å². The van der Waals surface area contributed by atoms with E-state index in [2.05, 4.69) is 5.32 Å². The van der Waals surface area contributed by atoms with Gasteiger partial charge < -0.3 is 10.4 Å². The van der Waals surface area contributed by atoms with Crippen LogP contribution in [-0.4, -0.2) is 17.0 Å². The maximum Gasteiger partial charge on any atom is 0.338 e. The molecule has 0 saturated heterocycles. The molecule has 0 atom stereocenters. The number of rotatable bonds is 3. The average Bonchev–Trinajstić information content (AvgIpc) is 2.73. The predicted molar refractivity (Wildman–Crippen MR) is 80.2 cm³/mol. The van der Waals surface area contributed by atoms with E-state index in [1.807, 2.05) is 0 Å². The van der Waals surface area contributed by atoms with Crippen molar-refractivity contribution >= 4 is 39.8 Å². The van der Waals surface area contributed by atoms with Gasteiger partial charge in [-0.15, -0.1) is 11.3 Å². The number of benzene rings is 1. The first kappa shape index (κ1) is 14.6. The van der Waals surface area contributed by atoms with Crippen LogP contribution in [0.3, 0.4) is 0 Å². The number of halogens is 1. The van der Waals surface area contributed by atoms with Crippen LogP contribution < -0.4 is 5.32 Å². The van der Waals surface area contributed by atoms with E-state index >= 15 is 0 Å². The van der Waals surface area contributed by atoms with Crippen molar-refractivity contribution in [3.63, 3.8) is 0 Å². The Hall–Kier alpha value is -1.85. The Bertz CT molecular complexity index is 694. The number of hydrogen-bond donors (Lipinski definition) is 2. The van der Waals surface area contributed by atoms with Gasteiger partial charge in [0, 0.05) is 15.5 Å². The van der Waals surface area contributed by atoms with Crippen molar-refractivity contribution in [3.05, 3.63) is 50.9 Å². The summed E-state index contributed by atoms with van der Waals surface area (Å²) in [6, 6.07) is 6.45. The number of carbonyl (C=O) groups is 2. The van der Waals surface area contributed by atoms with E-state index in [1.165, 1.54) is 17.4 Å². The molecule has 0 unspecified atom stereocenters. The summed E-state index contributed by atoms with van der Waals surface area (Å²) in [5, 5.41) is 12.6. The van der Waals surface area contributed by atoms with Crippen molar-refractivity contribution in [1.29, 1.82) is 0 Å². The van der Waals surface area contributed by atoms with Crippen LogP contribution in [0.25, 0.3) is 0 Å². The van der Waals surface area contributed by atoms with Gasteiger partial charge in [-0.1, -0.05) is 11.6 Å². The lowest BCUT2D eigenvalue weighted by molar-refractivity contribution is 0.0698. The van der Waals surface area contributed by atoms with E-state index in [1.54, 1.807) is 32.0 Å². The second-order valence-electron chi connectivity index (χ2n) is 4.32. The number of aromatic carboxylic acids is 1. The lowest BCUT2D eigenvalue weighted by Crippen LogP contribution is -2.13. The van der Waals surface area contributed by atoms with Crippen LogP contribution in [0.4, 0.5) is 5.00 Å². The molecule has 0 bridgehead atoms. The topological polar surface area (TPSA) is 66.4 Å². The fourth-order valence-electron chi connectivity index (χ4n) is 1.73. The van der Waals surface area contributed by atoms with E-state index in [-0.39, 0.29) is 11.5 Å². The number of anilines is 1. The van der Waals surface area contributed by atoms with Gasteiger partial charge >= 0.3 is 5.97 Å². The standard InChI is InChI=1S/C14H12ClNO3S/c1-7-5-9(3-4-11(7)15)12(17)16-13-10(14(18)19)6-8(2)20-13/h3-6H,1-2H3,(H,16,17)(H,18,19). The summed E-state index contributed by atoms with van der Waals surface area (Å²) >= 11 is 7.14. The lowest BCUT2D eigenvalue weighted by Gasteiger charge is -2.06. The van der Waals surface area contributed by atoms with Gasteiger partial charge in [0.15, 0.2) is 0 Å². The van der Waals surface area contributed by atoms with Crippen molar-refractivity contribution in [2.45, 2.75) is 13.8 Å². The molecule has 4 nitrogen and oxygen atoms in total. The Morgan fingerprint density at radius 2 is 1.95 bits per heavy atom. The number of carboxylic acid groups (broad SMARTS) is 1. The van der Waals surface area contributed by atoms with Gasteiger partial charge in [0.2, 0.25) is 0 Å². The average molecular weight is 310 g/mol. The molecular weight excluding hydrogens is 298 g/mol. The maximum absolute atomic E-state index is 12.1. The molecule has 0 radical (unpaired) electrons. The first-order chi connectivity index (χ1) is 9.38. The van der Waals surface area contributed by atoms with Crippen molar-refractivity contribution in [2.75, 3.05) is 5.32 Å². The first-order valence-electron chi connectivity index (χ1n) is 5.79. The van der Waals surface area contributed by atoms with Crippen LogP contribution in [0.2, 0.25) is 5.02 Å². The van der Waals surface area contributed by atoms with Crippen molar-refractivity contribution in [3.8, 4) is 0 Å². The predicted octanol–water partition coefficient (Wildman–Crippen LogP) is 3.97. The van der Waals surface area contributed by atoms with E-state index in [0.29, 0.717) is 15.6 Å². The third-order valence-electron chi connectivity index (χ3n) is 2.73. The molecule has 0 saturated carbocycles. The minimum Gasteiger partial charge on any atom is -0.478 e. The highest BCUT2D eigenvalue weighted by molar-refractivity contribution is 7.16. The third-order valence-corrected chi connectivity index (χ3v) is 4.12. The number of nitrogens with one attached hydrogen (secondary N) is 1. The molecule has 1 aromatic carbocycles. The molecular formula is C14H12ClNO3S. The van der Waals surface area contributed by atoms with Gasteiger partial charge in [-0.2, -0.15) is 0 Å². The summed E-state index contributed by atoms with van der Waals surface area (Å²) in [6.45, 7) is 3.59. The van der Waals surface area contributed by atoms with Gasteiger partial charge in [0.25, 0.3) is 5.91 Å². The zero-order valence-electron chi connectivity index (χ0n) is 10.9. The highest BCUT2D eigenvalue weighted by Gasteiger charge is 2.17. The fraction of sp³-hybridized carbons (Fsp3) is 0.143. The third kappa shape index (κ3) is 3.00. The zero-order valence-corrected chi connectivity index (χ0v) is 12.4. The normalized spacial score (nSPS) is 10.3. The van der Waals surface area contributed by atoms with Crippen LogP contribution in [-0.2, 0) is 0 Å². The summed E-state index contributed by atoms with van der Waals surface area (Å²) in [4.78, 5) is 24.0. The second-order valence-corrected chi connectivity index (χ2v) is 5.99. The number of hydrogen-bond acceptors (Lipinski definition) is 3. The molecule has 1 amide bonds. The van der Waals surface area contributed by atoms with Gasteiger partial charge in [-0.05, 0) is 43.7 Å². The molecule has 104 valence electrons. The van der Waals surface area contributed by atoms with Crippen molar-refractivity contribution in [1.82, 2.24) is 0 Å². The Morgan fingerprint density at radius 1 is 1.25 bits per heavy atom. The van der Waals surface area contributed by atoms with Gasteiger partial charge in [-0.3, -0.25) is 4.79 Å². The largest absolute Gasteiger partial charge is 0.478 e. The van der Waals surface area contributed by atoms with Gasteiger partial charge in [0.05, 0.1) is 5.56 Å². The molecule has 0 aliphatic heterocycles. The smallest absolute Gasteiger partial charge is 0.338 e. The molecule has 20 heavy (non-hydrogen) atoms. The number of carboxylic acids is 1. The summed E-state index contributed by atoms with van der Waals surface area (Å²) in [7, 11) is 0. The molecule has 0 fully saturated rings. The molecule has 2 rings (SSSR count). The first-order valence-corrected chi connectivity index (χ1v) is 6.99. The summed E-state index contributed by atoms with van der Waals surface area (Å²) < 4.78 is 0. The number of amides is 1. The maximum atomic E-state index is 12.1. The van der Waals surface area contributed by atoms with E-state index in [4.69, 9.17) is 16.7 Å². The number of thiophene rings is 1. The highest BCUT2D eigenvalue weighted by atomic mass is 35.5. The monoisotopic (exact) mass is 309 g/mol. The van der Waals surface area contributed by atoms with Crippen LogP contribution >= 0.6 is 22.9 Å². The molecule has 1 aromatic heterocycles. The highest BCUT2D eigenvalue weighted by Crippen LogP contribution is 2.28. The molecule has 6 heteroatoms. The minimum atomic E-state index is -1.06. The minimum absolute atomic E-state index is 0.103. The molecule has 0 aliphatic carbocycles. The quantitative estimate of drug-likeness (QED) is 0.901. The molecule has 2 aromatic rings. The Kier molecular flexibility index (Phi) is 4.11. The molecule has 0 aliphatic rings. The second kappa shape index (κ2) is 5.64. The Labute approximate surface area is 125 Å². The fourth-order valence-corrected chi connectivity index (χ4v) is 2.74. The van der Waals surface area contributed by atoms with Crippen LogP contribution in [0, 0.1) is 13.8 Å². The van der Waals surface area contributed by atoms with E-state index < -0.39 is 5.97 Å². The zero-order chi connectivity index (χ0) is 14.9. The molecule has 1 heterocycles. The SMILES string of the molecule is Cc1cc(C(=O)O)c(NC(=O)c2ccc(Cl)c(C)c2)s1. The van der Waals surface area contributed by atoms with Crippen LogP contribution in [0.5, 0.6) is 0 Å².